The molecule has 1 atom stereocenters. The van der Waals surface area contributed by atoms with Crippen molar-refractivity contribution in [2.75, 3.05) is 0 Å². The van der Waals surface area contributed by atoms with Crippen LogP contribution in [-0.4, -0.2) is 6.04 Å². The largest absolute Gasteiger partial charge is 0.327 e. The summed E-state index contributed by atoms with van der Waals surface area (Å²) in [4.78, 5) is 0. The van der Waals surface area contributed by atoms with E-state index < -0.39 is 0 Å². The van der Waals surface area contributed by atoms with Crippen molar-refractivity contribution in [3.63, 3.8) is 0 Å². The van der Waals surface area contributed by atoms with Crippen molar-refractivity contribution >= 4 is 22.4 Å². The molecule has 2 heteroatoms. The fourth-order valence-corrected chi connectivity index (χ4v) is 3.73. The summed E-state index contributed by atoms with van der Waals surface area (Å²) in [7, 11) is 0. The lowest BCUT2D eigenvalue weighted by molar-refractivity contribution is 0.188. The number of hydrogen-bond acceptors (Lipinski definition) is 1. The third-order valence-corrected chi connectivity index (χ3v) is 5.17. The molecule has 0 aliphatic heterocycles. The van der Waals surface area contributed by atoms with Gasteiger partial charge in [-0.05, 0) is 47.7 Å². The van der Waals surface area contributed by atoms with Crippen molar-refractivity contribution in [1.82, 2.24) is 0 Å². The minimum absolute atomic E-state index is 0.212. The van der Waals surface area contributed by atoms with Crippen molar-refractivity contribution in [3.05, 3.63) is 47.0 Å². The lowest BCUT2D eigenvalue weighted by Gasteiger charge is -2.47. The Hall–Kier alpha value is -1.05. The topological polar surface area (TPSA) is 26.0 Å². The maximum absolute atomic E-state index is 6.50. The smallest absolute Gasteiger partial charge is 0.0412 e. The zero-order valence-electron chi connectivity index (χ0n) is 12.0. The first-order valence-electron chi connectivity index (χ1n) is 7.61. The lowest BCUT2D eigenvalue weighted by Crippen LogP contribution is -2.50. The van der Waals surface area contributed by atoms with E-state index in [4.69, 9.17) is 17.3 Å². The van der Waals surface area contributed by atoms with Crippen molar-refractivity contribution in [3.8, 4) is 0 Å². The maximum Gasteiger partial charge on any atom is 0.0412 e. The highest BCUT2D eigenvalue weighted by molar-refractivity contribution is 6.31. The molecule has 1 aliphatic rings. The van der Waals surface area contributed by atoms with Crippen LogP contribution < -0.4 is 5.73 Å². The van der Waals surface area contributed by atoms with Gasteiger partial charge in [0.1, 0.15) is 0 Å². The molecule has 2 aromatic rings. The molecule has 0 radical (unpaired) electrons. The lowest BCUT2D eigenvalue weighted by atomic mass is 9.59. The molecule has 1 unspecified atom stereocenters. The van der Waals surface area contributed by atoms with Crippen LogP contribution in [0.5, 0.6) is 0 Å². The molecule has 2 N–H and O–H groups in total. The monoisotopic (exact) mass is 287 g/mol. The van der Waals surface area contributed by atoms with Crippen molar-refractivity contribution < 1.29 is 0 Å². The number of benzene rings is 2. The highest BCUT2D eigenvalue weighted by Gasteiger charge is 2.43. The van der Waals surface area contributed by atoms with Gasteiger partial charge in [0.25, 0.3) is 0 Å². The van der Waals surface area contributed by atoms with Gasteiger partial charge in [0.05, 0.1) is 0 Å². The summed E-state index contributed by atoms with van der Waals surface area (Å²) in [6, 6.07) is 13.2. The zero-order valence-corrected chi connectivity index (χ0v) is 12.8. The molecule has 0 amide bonds. The van der Waals surface area contributed by atoms with E-state index in [9.17, 15) is 0 Å². The van der Waals surface area contributed by atoms with Crippen molar-refractivity contribution in [1.29, 1.82) is 0 Å². The first-order chi connectivity index (χ1) is 9.65. The van der Waals surface area contributed by atoms with Gasteiger partial charge < -0.3 is 5.73 Å². The average Bonchev–Trinajstić information content (AvgIpc) is 2.38. The molecule has 1 fully saturated rings. The van der Waals surface area contributed by atoms with Gasteiger partial charge in [0, 0.05) is 16.5 Å². The van der Waals surface area contributed by atoms with Crippen LogP contribution in [0.3, 0.4) is 0 Å². The van der Waals surface area contributed by atoms with Gasteiger partial charge in [-0.25, -0.2) is 0 Å². The fraction of sp³-hybridized carbons (Fsp3) is 0.444. The zero-order chi connectivity index (χ0) is 14.2. The van der Waals surface area contributed by atoms with Gasteiger partial charge in [-0.1, -0.05) is 55.6 Å². The summed E-state index contributed by atoms with van der Waals surface area (Å²) >= 11 is 6.06. The predicted molar refractivity (Wildman–Crippen MR) is 87.4 cm³/mol. The molecular weight excluding hydrogens is 266 g/mol. The van der Waals surface area contributed by atoms with E-state index in [1.807, 2.05) is 12.1 Å². The van der Waals surface area contributed by atoms with Crippen LogP contribution >= 0.6 is 11.6 Å². The van der Waals surface area contributed by atoms with Gasteiger partial charge in [-0.3, -0.25) is 0 Å². The van der Waals surface area contributed by atoms with Crippen molar-refractivity contribution in [2.24, 2.45) is 5.73 Å². The summed E-state index contributed by atoms with van der Waals surface area (Å²) in [5.41, 5.74) is 8.13. The Balaban J connectivity index is 2.02. The van der Waals surface area contributed by atoms with Gasteiger partial charge in [-0.15, -0.1) is 0 Å². The fourth-order valence-electron chi connectivity index (χ4n) is 3.54. The molecule has 1 aliphatic carbocycles. The molecule has 2 aromatic carbocycles. The van der Waals surface area contributed by atoms with Gasteiger partial charge >= 0.3 is 0 Å². The highest BCUT2D eigenvalue weighted by atomic mass is 35.5. The van der Waals surface area contributed by atoms with E-state index in [-0.39, 0.29) is 11.5 Å². The molecule has 0 aromatic heterocycles. The number of nitrogens with two attached hydrogens (primary N) is 1. The summed E-state index contributed by atoms with van der Waals surface area (Å²) < 4.78 is 0. The number of rotatable bonds is 4. The molecule has 0 heterocycles. The Morgan fingerprint density at radius 3 is 2.50 bits per heavy atom. The third-order valence-electron chi connectivity index (χ3n) is 4.93. The van der Waals surface area contributed by atoms with E-state index in [0.29, 0.717) is 0 Å². The van der Waals surface area contributed by atoms with Crippen LogP contribution in [-0.2, 0) is 5.41 Å². The number of fused-ring (bicyclic) bond motifs is 1. The second kappa shape index (κ2) is 5.38. The molecule has 1 nitrogen and oxygen atoms in total. The molecule has 0 spiro atoms. The summed E-state index contributed by atoms with van der Waals surface area (Å²) in [5.74, 6) is 0. The second-order valence-electron chi connectivity index (χ2n) is 6.11. The van der Waals surface area contributed by atoms with Crippen LogP contribution in [0, 0.1) is 0 Å². The highest BCUT2D eigenvalue weighted by Crippen LogP contribution is 2.47. The molecule has 1 saturated carbocycles. The van der Waals surface area contributed by atoms with Crippen LogP contribution in [0.1, 0.15) is 44.6 Å². The Bertz CT molecular complexity index is 616. The van der Waals surface area contributed by atoms with Crippen LogP contribution in [0.15, 0.2) is 36.4 Å². The van der Waals surface area contributed by atoms with Crippen LogP contribution in [0.2, 0.25) is 5.02 Å². The maximum atomic E-state index is 6.50. The Labute approximate surface area is 126 Å². The molecule has 0 bridgehead atoms. The Morgan fingerprint density at radius 2 is 1.85 bits per heavy atom. The summed E-state index contributed by atoms with van der Waals surface area (Å²) in [6.45, 7) is 2.22. The molecule has 0 saturated heterocycles. The molecule has 20 heavy (non-hydrogen) atoms. The molecule has 106 valence electrons. The van der Waals surface area contributed by atoms with Gasteiger partial charge in [-0.2, -0.15) is 0 Å². The summed E-state index contributed by atoms with van der Waals surface area (Å²) in [5, 5.41) is 3.27. The van der Waals surface area contributed by atoms with E-state index in [2.05, 4.69) is 31.2 Å². The van der Waals surface area contributed by atoms with Crippen molar-refractivity contribution in [2.45, 2.75) is 50.5 Å². The first kappa shape index (κ1) is 13.9. The number of hydrogen-bond donors (Lipinski definition) is 1. The SMILES string of the molecule is CCCC(N)C1(c2ccc3cc(Cl)ccc3c2)CCC1. The van der Waals surface area contributed by atoms with E-state index in [1.54, 1.807) is 0 Å². The number of halogens is 1. The molecule has 3 rings (SSSR count). The van der Waals surface area contributed by atoms with E-state index in [1.165, 1.54) is 35.6 Å². The first-order valence-corrected chi connectivity index (χ1v) is 7.99. The Morgan fingerprint density at radius 1 is 1.15 bits per heavy atom. The van der Waals surface area contributed by atoms with Gasteiger partial charge in [0.15, 0.2) is 0 Å². The normalized spacial score (nSPS) is 18.8. The quantitative estimate of drug-likeness (QED) is 0.837. The van der Waals surface area contributed by atoms with Gasteiger partial charge in [0.2, 0.25) is 0 Å². The minimum Gasteiger partial charge on any atom is -0.327 e. The Kier molecular flexibility index (Phi) is 3.74. The second-order valence-corrected chi connectivity index (χ2v) is 6.55. The summed E-state index contributed by atoms with van der Waals surface area (Å²) in [6.07, 6.45) is 6.03. The minimum atomic E-state index is 0.212. The predicted octanol–water partition coefficient (Wildman–Crippen LogP) is 5.04. The average molecular weight is 288 g/mol. The van der Waals surface area contributed by atoms with E-state index >= 15 is 0 Å². The standard InChI is InChI=1S/C18H22ClN/c1-2-4-17(20)18(9-3-10-18)15-7-5-14-12-16(19)8-6-13(14)11-15/h5-8,11-12,17H,2-4,9-10,20H2,1H3. The van der Waals surface area contributed by atoms with Crippen LogP contribution in [0.25, 0.3) is 10.8 Å². The molecular formula is C18H22ClN. The third kappa shape index (κ3) is 2.23. The van der Waals surface area contributed by atoms with E-state index in [0.717, 1.165) is 17.9 Å². The van der Waals surface area contributed by atoms with Crippen LogP contribution in [0.4, 0.5) is 0 Å².